The maximum atomic E-state index is 14.0. The fourth-order valence-corrected chi connectivity index (χ4v) is 7.34. The van der Waals surface area contributed by atoms with E-state index >= 15 is 0 Å². The Morgan fingerprint density at radius 3 is 2.34 bits per heavy atom. The number of aromatic amines is 1. The van der Waals surface area contributed by atoms with Gasteiger partial charge in [-0.3, -0.25) is 9.82 Å². The van der Waals surface area contributed by atoms with Crippen LogP contribution < -0.4 is 18.9 Å². The van der Waals surface area contributed by atoms with Crippen LogP contribution in [0.2, 0.25) is 0 Å². The van der Waals surface area contributed by atoms with Crippen LogP contribution in [0.5, 0.6) is 17.2 Å². The van der Waals surface area contributed by atoms with E-state index in [4.69, 9.17) is 23.5 Å². The second-order valence-electron chi connectivity index (χ2n) is 13.0. The predicted octanol–water partition coefficient (Wildman–Crippen LogP) is 6.31. The smallest absolute Gasteiger partial charge is 0.410 e. The number of benzene rings is 2. The summed E-state index contributed by atoms with van der Waals surface area (Å²) in [5.74, 6) is 1.17. The maximum Gasteiger partial charge on any atom is 0.410 e. The van der Waals surface area contributed by atoms with Crippen LogP contribution in [0.25, 0.3) is 11.0 Å². The van der Waals surface area contributed by atoms with Crippen molar-refractivity contribution in [2.45, 2.75) is 81.8 Å². The van der Waals surface area contributed by atoms with Crippen molar-refractivity contribution in [2.75, 3.05) is 32.6 Å². The number of carbonyl (C=O) groups is 1. The second kappa shape index (κ2) is 12.6. The largest absolute Gasteiger partial charge is 0.496 e. The van der Waals surface area contributed by atoms with Crippen LogP contribution in [0.1, 0.15) is 87.3 Å². The van der Waals surface area contributed by atoms with Gasteiger partial charge in [-0.15, -0.1) is 0 Å². The molecule has 1 atom stereocenters. The summed E-state index contributed by atoms with van der Waals surface area (Å²) in [5.41, 5.74) is 3.24. The third-order valence-electron chi connectivity index (χ3n) is 8.40. The number of nitrogens with one attached hydrogen (secondary N) is 2. The van der Waals surface area contributed by atoms with E-state index in [2.05, 4.69) is 26.1 Å². The lowest BCUT2D eigenvalue weighted by molar-refractivity contribution is 0.00943. The molecule has 0 radical (unpaired) electrons. The fraction of sp³-hybridized carbons (Fsp3) is 0.485. The summed E-state index contributed by atoms with van der Waals surface area (Å²) in [4.78, 5) is 14.6. The summed E-state index contributed by atoms with van der Waals surface area (Å²) in [6, 6.07) is 8.46. The number of nitrogens with zero attached hydrogens (tertiary/aromatic N) is 3. The molecule has 1 saturated carbocycles. The Morgan fingerprint density at radius 1 is 1.00 bits per heavy atom. The number of ether oxygens (including phenoxy) is 4. The van der Waals surface area contributed by atoms with Gasteiger partial charge in [-0.05, 0) is 88.8 Å². The van der Waals surface area contributed by atoms with Gasteiger partial charge in [0.1, 0.15) is 22.8 Å². The quantitative estimate of drug-likeness (QED) is 0.196. The molecule has 4 aromatic rings. The van der Waals surface area contributed by atoms with E-state index in [9.17, 15) is 13.2 Å². The number of hydrogen-bond acceptors (Lipinski definition) is 10. The summed E-state index contributed by atoms with van der Waals surface area (Å²) in [7, 11) is 0.000953. The highest BCUT2D eigenvalue weighted by Crippen LogP contribution is 2.43. The molecule has 3 heterocycles. The summed E-state index contributed by atoms with van der Waals surface area (Å²) in [5, 5.41) is 12.0. The Hall–Kier alpha value is -4.46. The summed E-state index contributed by atoms with van der Waals surface area (Å²) >= 11 is 0. The minimum atomic E-state index is -4.32. The number of anilines is 1. The summed E-state index contributed by atoms with van der Waals surface area (Å²) in [6.45, 7) is 5.97. The maximum absolute atomic E-state index is 14.0. The van der Waals surface area contributed by atoms with Gasteiger partial charge >= 0.3 is 6.09 Å². The average Bonchev–Trinajstić information content (AvgIpc) is 3.67. The number of piperidine rings is 1. The van der Waals surface area contributed by atoms with Crippen LogP contribution in [-0.4, -0.2) is 68.2 Å². The zero-order valence-corrected chi connectivity index (χ0v) is 28.3. The van der Waals surface area contributed by atoms with Crippen molar-refractivity contribution in [3.05, 3.63) is 52.8 Å². The number of fused-ring (bicyclic) bond motifs is 1. The molecule has 0 unspecified atom stereocenters. The molecule has 14 heteroatoms. The molecule has 252 valence electrons. The Morgan fingerprint density at radius 2 is 1.70 bits per heavy atom. The van der Waals surface area contributed by atoms with Crippen LogP contribution in [0.15, 0.2) is 39.8 Å². The van der Waals surface area contributed by atoms with Crippen molar-refractivity contribution in [1.29, 1.82) is 0 Å². The molecule has 2 aliphatic rings. The highest BCUT2D eigenvalue weighted by Gasteiger charge is 2.35. The third-order valence-corrected chi connectivity index (χ3v) is 9.80. The number of rotatable bonds is 10. The Bertz CT molecular complexity index is 1870. The molecule has 2 aromatic heterocycles. The number of likely N-dealkylation sites (tertiary alicyclic amines) is 1. The van der Waals surface area contributed by atoms with Gasteiger partial charge in [0.05, 0.1) is 38.5 Å². The molecule has 13 nitrogen and oxygen atoms in total. The lowest BCUT2D eigenvalue weighted by Crippen LogP contribution is -2.41. The van der Waals surface area contributed by atoms with E-state index in [0.717, 1.165) is 42.6 Å². The van der Waals surface area contributed by atoms with Gasteiger partial charge < -0.3 is 28.4 Å². The van der Waals surface area contributed by atoms with Crippen LogP contribution in [0.4, 0.5) is 10.6 Å². The fourth-order valence-electron chi connectivity index (χ4n) is 6.02. The number of aromatic nitrogens is 3. The number of carbonyl (C=O) groups excluding carboxylic acids is 1. The van der Waals surface area contributed by atoms with Gasteiger partial charge in [-0.1, -0.05) is 5.16 Å². The van der Waals surface area contributed by atoms with E-state index in [-0.39, 0.29) is 28.3 Å². The van der Waals surface area contributed by atoms with Crippen molar-refractivity contribution in [3.63, 3.8) is 0 Å². The summed E-state index contributed by atoms with van der Waals surface area (Å²) in [6.07, 6.45) is 4.81. The highest BCUT2D eigenvalue weighted by molar-refractivity contribution is 7.93. The van der Waals surface area contributed by atoms with E-state index in [0.29, 0.717) is 47.6 Å². The van der Waals surface area contributed by atoms with Gasteiger partial charge in [-0.25, -0.2) is 13.2 Å². The number of sulfonamides is 1. The zero-order chi connectivity index (χ0) is 33.5. The molecule has 2 fully saturated rings. The number of H-pyrrole nitrogens is 1. The number of methoxy groups -OCH3 is 3. The standard InChI is InChI=1S/C33H41N5O8S/c1-33(2,3)45-32(39)38-12-8-7-9-25(38)20-14-28(43-5)30(29(15-20)44-6)47(40,41)37-31-23-18-26(42-4)21(16-27(23)46-36-31)13-22-17-24(35-34-22)19-10-11-19/h14-19,25H,7-13H2,1-6H3,(H,34,35)(H,36,37)/t25-/m1/s1. The van der Waals surface area contributed by atoms with E-state index in [1.54, 1.807) is 36.3 Å². The lowest BCUT2D eigenvalue weighted by atomic mass is 9.95. The normalized spacial score (nSPS) is 17.1. The molecule has 6 rings (SSSR count). The molecule has 1 saturated heterocycles. The highest BCUT2D eigenvalue weighted by atomic mass is 32.2. The van der Waals surface area contributed by atoms with Gasteiger partial charge in [0, 0.05) is 30.1 Å². The number of amides is 1. The van der Waals surface area contributed by atoms with Crippen LogP contribution in [0.3, 0.4) is 0 Å². The van der Waals surface area contributed by atoms with Gasteiger partial charge in [0.15, 0.2) is 16.3 Å². The molecule has 1 amide bonds. The first kappa shape index (κ1) is 32.5. The monoisotopic (exact) mass is 667 g/mol. The molecule has 2 N–H and O–H groups in total. The lowest BCUT2D eigenvalue weighted by Gasteiger charge is -2.37. The van der Waals surface area contributed by atoms with E-state index in [1.807, 2.05) is 20.8 Å². The van der Waals surface area contributed by atoms with Crippen LogP contribution in [0, 0.1) is 0 Å². The van der Waals surface area contributed by atoms with Gasteiger partial charge in [0.2, 0.25) is 0 Å². The molecule has 0 spiro atoms. The Balaban J connectivity index is 1.30. The van der Waals surface area contributed by atoms with E-state index in [1.165, 1.54) is 14.2 Å². The van der Waals surface area contributed by atoms with Crippen molar-refractivity contribution in [1.82, 2.24) is 20.3 Å². The molecule has 0 bridgehead atoms. The minimum Gasteiger partial charge on any atom is -0.496 e. The minimum absolute atomic E-state index is 0.0148. The third kappa shape index (κ3) is 6.83. The first-order chi connectivity index (χ1) is 22.4. The van der Waals surface area contributed by atoms with Crippen LogP contribution >= 0.6 is 0 Å². The molecule has 47 heavy (non-hydrogen) atoms. The van der Waals surface area contributed by atoms with Crippen molar-refractivity contribution in [2.24, 2.45) is 0 Å². The number of hydrogen-bond donors (Lipinski definition) is 2. The first-order valence-corrected chi connectivity index (χ1v) is 17.2. The zero-order valence-electron chi connectivity index (χ0n) is 27.5. The Labute approximate surface area is 273 Å². The van der Waals surface area contributed by atoms with Crippen molar-refractivity contribution >= 4 is 32.9 Å². The SMILES string of the molecule is COc1cc2c(NS(=O)(=O)c3c(OC)cc([C@H]4CCCCN4C(=O)OC(C)(C)C)cc3OC)noc2cc1Cc1cc(C2CC2)n[nH]1. The molecule has 2 aromatic carbocycles. The molecular weight excluding hydrogens is 626 g/mol. The van der Waals surface area contributed by atoms with Crippen LogP contribution in [-0.2, 0) is 21.2 Å². The topological polar surface area (TPSA) is 158 Å². The average molecular weight is 668 g/mol. The van der Waals surface area contributed by atoms with E-state index < -0.39 is 21.7 Å². The van der Waals surface area contributed by atoms with Gasteiger partial charge in [-0.2, -0.15) is 5.10 Å². The molecule has 1 aliphatic carbocycles. The van der Waals surface area contributed by atoms with Gasteiger partial charge in [0.25, 0.3) is 10.0 Å². The molecular formula is C33H41N5O8S. The summed E-state index contributed by atoms with van der Waals surface area (Å²) < 4.78 is 58.6. The van der Waals surface area contributed by atoms with Crippen molar-refractivity contribution in [3.8, 4) is 17.2 Å². The first-order valence-electron chi connectivity index (χ1n) is 15.7. The predicted molar refractivity (Wildman–Crippen MR) is 174 cm³/mol. The van der Waals surface area contributed by atoms with Crippen molar-refractivity contribution < 1.29 is 36.7 Å². The second-order valence-corrected chi connectivity index (χ2v) is 14.6. The Kier molecular flexibility index (Phi) is 8.72. The molecule has 1 aliphatic heterocycles.